The van der Waals surface area contributed by atoms with Crippen molar-refractivity contribution >= 4 is 29.2 Å². The van der Waals surface area contributed by atoms with Gasteiger partial charge in [-0.1, -0.05) is 0 Å². The summed E-state index contributed by atoms with van der Waals surface area (Å²) in [7, 11) is 3.00. The molecular formula is C10H12N8O3. The van der Waals surface area contributed by atoms with Crippen LogP contribution in [-0.4, -0.2) is 37.8 Å². The molecule has 0 aromatic carbocycles. The number of nitrogens with two attached hydrogens (primary N) is 1. The average Bonchev–Trinajstić information content (AvgIpc) is 2.79. The summed E-state index contributed by atoms with van der Waals surface area (Å²) in [5.74, 6) is 0.530. The van der Waals surface area contributed by atoms with E-state index in [0.717, 1.165) is 4.90 Å². The zero-order chi connectivity index (χ0) is 15.6. The average molecular weight is 292 g/mol. The largest absolute Gasteiger partial charge is 0.351 e. The molecule has 0 aliphatic heterocycles. The van der Waals surface area contributed by atoms with Gasteiger partial charge >= 0.3 is 11.7 Å². The molecule has 0 saturated heterocycles. The number of primary amides is 1. The predicted octanol–water partition coefficient (Wildman–Crippen LogP) is 0.377. The lowest BCUT2D eigenvalue weighted by Gasteiger charge is -2.13. The quantitative estimate of drug-likeness (QED) is 0.611. The van der Waals surface area contributed by atoms with Crippen LogP contribution in [0.1, 0.15) is 0 Å². The lowest BCUT2D eigenvalue weighted by Crippen LogP contribution is -2.32. The lowest BCUT2D eigenvalue weighted by atomic mass is 10.4. The van der Waals surface area contributed by atoms with Crippen LogP contribution in [0.2, 0.25) is 0 Å². The first-order valence-electron chi connectivity index (χ1n) is 5.68. The SMILES string of the molecule is CN(C(N)=O)c1cc(Nc2nn(C)cc2[N+](=O)[O-])ncn1. The van der Waals surface area contributed by atoms with Crippen molar-refractivity contribution in [1.29, 1.82) is 0 Å². The van der Waals surface area contributed by atoms with Crippen molar-refractivity contribution in [2.24, 2.45) is 12.8 Å². The highest BCUT2D eigenvalue weighted by molar-refractivity contribution is 5.89. The Morgan fingerprint density at radius 1 is 1.52 bits per heavy atom. The molecule has 0 bridgehead atoms. The van der Waals surface area contributed by atoms with Crippen molar-refractivity contribution < 1.29 is 9.72 Å². The lowest BCUT2D eigenvalue weighted by molar-refractivity contribution is -0.384. The molecule has 2 aromatic heterocycles. The number of carbonyl (C=O) groups is 1. The van der Waals surface area contributed by atoms with Crippen LogP contribution in [0.25, 0.3) is 0 Å². The molecule has 0 atom stereocenters. The Morgan fingerprint density at radius 2 is 2.24 bits per heavy atom. The summed E-state index contributed by atoms with van der Waals surface area (Å²) in [5.41, 5.74) is 4.95. The van der Waals surface area contributed by atoms with Gasteiger partial charge in [0.1, 0.15) is 24.2 Å². The molecule has 2 rings (SSSR count). The summed E-state index contributed by atoms with van der Waals surface area (Å²) >= 11 is 0. The molecule has 3 N–H and O–H groups in total. The van der Waals surface area contributed by atoms with Gasteiger partial charge in [-0.15, -0.1) is 5.10 Å². The van der Waals surface area contributed by atoms with Gasteiger partial charge < -0.3 is 11.1 Å². The van der Waals surface area contributed by atoms with E-state index in [2.05, 4.69) is 20.4 Å². The monoisotopic (exact) mass is 292 g/mol. The minimum atomic E-state index is -0.691. The Morgan fingerprint density at radius 3 is 2.86 bits per heavy atom. The summed E-state index contributed by atoms with van der Waals surface area (Å²) in [5, 5.41) is 17.5. The maximum Gasteiger partial charge on any atom is 0.331 e. The first-order valence-corrected chi connectivity index (χ1v) is 5.68. The van der Waals surface area contributed by atoms with Crippen LogP contribution in [0.3, 0.4) is 0 Å². The number of aryl methyl sites for hydroxylation is 1. The zero-order valence-electron chi connectivity index (χ0n) is 11.2. The Kier molecular flexibility index (Phi) is 3.65. The number of amides is 2. The van der Waals surface area contributed by atoms with Crippen LogP contribution in [0, 0.1) is 10.1 Å². The third-order valence-corrected chi connectivity index (χ3v) is 2.58. The predicted molar refractivity (Wildman–Crippen MR) is 73.2 cm³/mol. The van der Waals surface area contributed by atoms with Gasteiger partial charge in [0, 0.05) is 20.2 Å². The molecule has 2 aromatic rings. The van der Waals surface area contributed by atoms with Crippen molar-refractivity contribution in [3.05, 3.63) is 28.7 Å². The van der Waals surface area contributed by atoms with Crippen LogP contribution in [0.5, 0.6) is 0 Å². The van der Waals surface area contributed by atoms with Crippen LogP contribution in [0.4, 0.5) is 27.9 Å². The third kappa shape index (κ3) is 3.02. The fourth-order valence-corrected chi connectivity index (χ4v) is 1.53. The molecule has 0 aliphatic carbocycles. The standard InChI is InChI=1S/C10H12N8O3/c1-16-4-6(18(20)21)9(15-16)14-7-3-8(13-5-12-7)17(2)10(11)19/h3-5H,1-2H3,(H2,11,19)(H,12,13,14,15). The van der Waals surface area contributed by atoms with Crippen LogP contribution < -0.4 is 16.0 Å². The summed E-state index contributed by atoms with van der Waals surface area (Å²) in [6.07, 6.45) is 2.46. The van der Waals surface area contributed by atoms with E-state index in [0.29, 0.717) is 0 Å². The van der Waals surface area contributed by atoms with Gasteiger partial charge in [-0.25, -0.2) is 14.8 Å². The smallest absolute Gasteiger partial charge is 0.331 e. The van der Waals surface area contributed by atoms with E-state index in [-0.39, 0.29) is 23.1 Å². The minimum Gasteiger partial charge on any atom is -0.351 e. The molecular weight excluding hydrogens is 280 g/mol. The van der Waals surface area contributed by atoms with Crippen molar-refractivity contribution in [1.82, 2.24) is 19.7 Å². The van der Waals surface area contributed by atoms with E-state index in [1.807, 2.05) is 0 Å². The Balaban J connectivity index is 2.30. The van der Waals surface area contributed by atoms with Gasteiger partial charge in [-0.05, 0) is 0 Å². The van der Waals surface area contributed by atoms with Gasteiger partial charge in [0.2, 0.25) is 5.82 Å². The van der Waals surface area contributed by atoms with E-state index in [1.165, 1.54) is 30.3 Å². The highest BCUT2D eigenvalue weighted by Gasteiger charge is 2.19. The molecule has 11 nitrogen and oxygen atoms in total. The number of hydrogen-bond donors (Lipinski definition) is 2. The number of urea groups is 1. The number of nitrogens with zero attached hydrogens (tertiary/aromatic N) is 6. The third-order valence-electron chi connectivity index (χ3n) is 2.58. The van der Waals surface area contributed by atoms with Crippen LogP contribution in [0.15, 0.2) is 18.6 Å². The van der Waals surface area contributed by atoms with Crippen molar-refractivity contribution in [2.45, 2.75) is 0 Å². The van der Waals surface area contributed by atoms with Gasteiger partial charge in [0.15, 0.2) is 0 Å². The van der Waals surface area contributed by atoms with Crippen molar-refractivity contribution in [2.75, 3.05) is 17.3 Å². The first kappa shape index (κ1) is 14.2. The highest BCUT2D eigenvalue weighted by Crippen LogP contribution is 2.25. The molecule has 11 heteroatoms. The number of hydrogen-bond acceptors (Lipinski definition) is 7. The van der Waals surface area contributed by atoms with Gasteiger partial charge in [-0.3, -0.25) is 19.7 Å². The molecule has 0 radical (unpaired) electrons. The summed E-state index contributed by atoms with van der Waals surface area (Å²) in [6, 6.07) is 0.729. The van der Waals surface area contributed by atoms with Gasteiger partial charge in [-0.2, -0.15) is 0 Å². The zero-order valence-corrected chi connectivity index (χ0v) is 11.2. The van der Waals surface area contributed by atoms with E-state index < -0.39 is 11.0 Å². The van der Waals surface area contributed by atoms with E-state index in [1.54, 1.807) is 7.05 Å². The first-order chi connectivity index (χ1) is 9.88. The Labute approximate surface area is 118 Å². The maximum atomic E-state index is 11.1. The number of carbonyl (C=O) groups excluding carboxylic acids is 1. The Bertz CT molecular complexity index is 697. The molecule has 0 aliphatic rings. The number of anilines is 3. The fourth-order valence-electron chi connectivity index (χ4n) is 1.53. The Hall–Kier alpha value is -3.24. The topological polar surface area (TPSA) is 145 Å². The second-order valence-electron chi connectivity index (χ2n) is 4.08. The summed E-state index contributed by atoms with van der Waals surface area (Å²) in [4.78, 5) is 30.3. The molecule has 0 saturated carbocycles. The molecule has 21 heavy (non-hydrogen) atoms. The van der Waals surface area contributed by atoms with E-state index in [9.17, 15) is 14.9 Å². The second-order valence-corrected chi connectivity index (χ2v) is 4.08. The minimum absolute atomic E-state index is 0.0360. The summed E-state index contributed by atoms with van der Waals surface area (Å²) in [6.45, 7) is 0. The second kappa shape index (κ2) is 5.40. The van der Waals surface area contributed by atoms with Crippen LogP contribution >= 0.6 is 0 Å². The van der Waals surface area contributed by atoms with Crippen molar-refractivity contribution in [3.63, 3.8) is 0 Å². The number of nitro groups is 1. The van der Waals surface area contributed by atoms with Gasteiger partial charge in [0.05, 0.1) is 4.92 Å². The number of aromatic nitrogens is 4. The van der Waals surface area contributed by atoms with E-state index in [4.69, 9.17) is 5.73 Å². The number of rotatable bonds is 4. The van der Waals surface area contributed by atoms with Crippen LogP contribution in [-0.2, 0) is 7.05 Å². The van der Waals surface area contributed by atoms with E-state index >= 15 is 0 Å². The fraction of sp³-hybridized carbons (Fsp3) is 0.200. The molecule has 0 unspecified atom stereocenters. The molecule has 2 heterocycles. The normalized spacial score (nSPS) is 10.2. The molecule has 110 valence electrons. The van der Waals surface area contributed by atoms with Gasteiger partial charge in [0.25, 0.3) is 0 Å². The van der Waals surface area contributed by atoms with Crippen molar-refractivity contribution in [3.8, 4) is 0 Å². The molecule has 0 spiro atoms. The molecule has 2 amide bonds. The highest BCUT2D eigenvalue weighted by atomic mass is 16.6. The number of nitrogens with one attached hydrogen (secondary N) is 1. The maximum absolute atomic E-state index is 11.1. The summed E-state index contributed by atoms with van der Waals surface area (Å²) < 4.78 is 1.30. The molecule has 0 fully saturated rings.